The molecule has 1 aliphatic carbocycles. The van der Waals surface area contributed by atoms with E-state index in [1.165, 1.54) is 0 Å². The summed E-state index contributed by atoms with van der Waals surface area (Å²) in [5.74, 6) is 0.662. The summed E-state index contributed by atoms with van der Waals surface area (Å²) >= 11 is 0. The molecule has 1 aliphatic heterocycles. The molecule has 0 fully saturated rings. The molecule has 4 rings (SSSR count). The van der Waals surface area contributed by atoms with Crippen LogP contribution in [0, 0.1) is 12.7 Å². The molecule has 0 spiro atoms. The zero-order valence-corrected chi connectivity index (χ0v) is 29.3. The van der Waals surface area contributed by atoms with Gasteiger partial charge in [0, 0.05) is 47.6 Å². The van der Waals surface area contributed by atoms with E-state index >= 15 is 0 Å². The Balaban J connectivity index is 1.72. The lowest BCUT2D eigenvalue weighted by molar-refractivity contribution is 0.205. The number of aryl methyl sites for hydroxylation is 1. The van der Waals surface area contributed by atoms with Gasteiger partial charge in [-0.3, -0.25) is 10.3 Å². The van der Waals surface area contributed by atoms with Crippen LogP contribution >= 0.6 is 9.24 Å². The molecule has 2 heterocycles. The molecule has 3 N–H and O–H groups in total. The zero-order chi connectivity index (χ0) is 34.2. The molecule has 0 radical (unpaired) electrons. The summed E-state index contributed by atoms with van der Waals surface area (Å²) in [4.78, 5) is 29.9. The molecule has 1 aromatic heterocycles. The van der Waals surface area contributed by atoms with Crippen molar-refractivity contribution in [2.45, 2.75) is 67.0 Å². The van der Waals surface area contributed by atoms with Crippen LogP contribution in [0.4, 0.5) is 15.0 Å². The molecular weight excluding hydrogens is 608 g/mol. The lowest BCUT2D eigenvalue weighted by Crippen LogP contribution is -2.48. The molecule has 1 unspecified atom stereocenters. The average Bonchev–Trinajstić information content (AvgIpc) is 3.00. The number of urea groups is 1. The summed E-state index contributed by atoms with van der Waals surface area (Å²) in [5.41, 5.74) is 7.89. The van der Waals surface area contributed by atoms with Crippen LogP contribution in [-0.4, -0.2) is 40.2 Å². The van der Waals surface area contributed by atoms with E-state index in [2.05, 4.69) is 70.2 Å². The number of aliphatic imine (C=N–C) groups is 2. The van der Waals surface area contributed by atoms with Gasteiger partial charge in [-0.15, -0.1) is 9.24 Å². The van der Waals surface area contributed by atoms with Crippen LogP contribution in [0.2, 0.25) is 0 Å². The summed E-state index contributed by atoms with van der Waals surface area (Å²) in [7, 11) is 2.44. The van der Waals surface area contributed by atoms with E-state index in [9.17, 15) is 9.18 Å². The summed E-state index contributed by atoms with van der Waals surface area (Å²) in [6.07, 6.45) is 11.5. The molecule has 0 saturated carbocycles. The van der Waals surface area contributed by atoms with Gasteiger partial charge in [0.15, 0.2) is 0 Å². The number of halogens is 1. The highest BCUT2D eigenvalue weighted by molar-refractivity contribution is 7.27. The van der Waals surface area contributed by atoms with E-state index in [0.717, 1.165) is 52.1 Å². The SMILES string of the molecule is C=C(C)NC(=NC1=C/C(=C/C)C(=NC(C)C)C=C1CCC)NC(=O)N(CC1=Cc2cccnc2NC1=C)Cc1cc(C)c(F)c(P)c1. The van der Waals surface area contributed by atoms with Gasteiger partial charge >= 0.3 is 6.03 Å². The summed E-state index contributed by atoms with van der Waals surface area (Å²) < 4.78 is 14.5. The van der Waals surface area contributed by atoms with Gasteiger partial charge in [0.25, 0.3) is 0 Å². The van der Waals surface area contributed by atoms with E-state index in [4.69, 9.17) is 9.98 Å². The Morgan fingerprint density at radius 3 is 2.62 bits per heavy atom. The number of nitrogens with zero attached hydrogens (tertiary/aromatic N) is 4. The minimum atomic E-state index is -0.402. The monoisotopic (exact) mass is 653 g/mol. The van der Waals surface area contributed by atoms with Gasteiger partial charge in [0.05, 0.1) is 11.4 Å². The van der Waals surface area contributed by atoms with Gasteiger partial charge in [0.2, 0.25) is 5.96 Å². The number of anilines is 1. The molecule has 8 nitrogen and oxygen atoms in total. The Kier molecular flexibility index (Phi) is 11.8. The molecule has 1 atom stereocenters. The molecule has 246 valence electrons. The molecule has 0 saturated heterocycles. The number of aromatic nitrogens is 1. The second kappa shape index (κ2) is 15.8. The van der Waals surface area contributed by atoms with Crippen molar-refractivity contribution in [3.8, 4) is 0 Å². The number of guanidine groups is 1. The van der Waals surface area contributed by atoms with Gasteiger partial charge in [-0.2, -0.15) is 0 Å². The molecule has 2 amide bonds. The largest absolute Gasteiger partial charge is 0.340 e. The first-order valence-corrected chi connectivity index (χ1v) is 16.4. The van der Waals surface area contributed by atoms with Crippen LogP contribution in [0.25, 0.3) is 6.08 Å². The average molecular weight is 654 g/mol. The maximum Gasteiger partial charge on any atom is 0.324 e. The normalized spacial score (nSPS) is 16.3. The molecular formula is C37H45FN7OP. The highest BCUT2D eigenvalue weighted by Gasteiger charge is 2.23. The van der Waals surface area contributed by atoms with Crippen molar-refractivity contribution in [1.29, 1.82) is 0 Å². The van der Waals surface area contributed by atoms with Crippen molar-refractivity contribution in [2.24, 2.45) is 9.98 Å². The fourth-order valence-corrected chi connectivity index (χ4v) is 5.73. The summed E-state index contributed by atoms with van der Waals surface area (Å²) in [6.45, 7) is 20.3. The number of fused-ring (bicyclic) bond motifs is 1. The zero-order valence-electron chi connectivity index (χ0n) is 28.2. The van der Waals surface area contributed by atoms with Crippen LogP contribution in [0.3, 0.4) is 0 Å². The number of pyridine rings is 1. The minimum absolute atomic E-state index is 0.144. The highest BCUT2D eigenvalue weighted by Crippen LogP contribution is 2.28. The maximum absolute atomic E-state index is 14.5. The Hall–Kier alpha value is -4.62. The topological polar surface area (TPSA) is 94.0 Å². The molecule has 1 aromatic carbocycles. The van der Waals surface area contributed by atoms with Crippen LogP contribution in [0.15, 0.2) is 106 Å². The number of nitrogens with one attached hydrogen (secondary N) is 3. The van der Waals surface area contributed by atoms with E-state index < -0.39 is 6.03 Å². The van der Waals surface area contributed by atoms with E-state index in [1.54, 1.807) is 37.1 Å². The second-order valence-corrected chi connectivity index (χ2v) is 12.6. The van der Waals surface area contributed by atoms with Gasteiger partial charge < -0.3 is 15.5 Å². The van der Waals surface area contributed by atoms with Gasteiger partial charge in [-0.05, 0) is 105 Å². The summed E-state index contributed by atoms with van der Waals surface area (Å²) in [6, 6.07) is 7.05. The number of carbonyl (C=O) groups excluding carboxylic acids is 1. The number of hydrogen-bond donors (Lipinski definition) is 3. The number of benzene rings is 1. The molecule has 2 aliphatic rings. The van der Waals surface area contributed by atoms with Crippen molar-refractivity contribution >= 4 is 44.1 Å². The van der Waals surface area contributed by atoms with E-state index in [0.29, 0.717) is 28.1 Å². The number of hydrogen-bond acceptors (Lipinski definition) is 5. The van der Waals surface area contributed by atoms with Crippen LogP contribution in [-0.2, 0) is 6.54 Å². The Morgan fingerprint density at radius 2 is 1.96 bits per heavy atom. The van der Waals surface area contributed by atoms with Crippen molar-refractivity contribution < 1.29 is 9.18 Å². The minimum Gasteiger partial charge on any atom is -0.340 e. The van der Waals surface area contributed by atoms with Gasteiger partial charge in [0.1, 0.15) is 11.6 Å². The predicted molar refractivity (Wildman–Crippen MR) is 197 cm³/mol. The maximum atomic E-state index is 14.5. The third kappa shape index (κ3) is 9.23. The molecule has 0 bridgehead atoms. The number of allylic oxidation sites excluding steroid dienone is 6. The third-order valence-corrected chi connectivity index (χ3v) is 7.85. The van der Waals surface area contributed by atoms with Crippen molar-refractivity contribution in [2.75, 3.05) is 11.9 Å². The van der Waals surface area contributed by atoms with Crippen LogP contribution < -0.4 is 21.3 Å². The fraction of sp³-hybridized carbons (Fsp3) is 0.297. The first-order chi connectivity index (χ1) is 22.4. The predicted octanol–water partition coefficient (Wildman–Crippen LogP) is 7.46. The van der Waals surface area contributed by atoms with Crippen molar-refractivity contribution in [1.82, 2.24) is 20.5 Å². The van der Waals surface area contributed by atoms with Gasteiger partial charge in [-0.25, -0.2) is 19.2 Å². The Morgan fingerprint density at radius 1 is 1.19 bits per heavy atom. The fourth-order valence-electron chi connectivity index (χ4n) is 5.29. The highest BCUT2D eigenvalue weighted by atomic mass is 31.0. The second-order valence-electron chi connectivity index (χ2n) is 12.0. The van der Waals surface area contributed by atoms with Crippen molar-refractivity contribution in [3.05, 3.63) is 118 Å². The van der Waals surface area contributed by atoms with Crippen molar-refractivity contribution in [3.63, 3.8) is 0 Å². The van der Waals surface area contributed by atoms with Gasteiger partial charge in [-0.1, -0.05) is 38.6 Å². The van der Waals surface area contributed by atoms with E-state index in [1.807, 2.05) is 37.3 Å². The smallest absolute Gasteiger partial charge is 0.324 e. The molecule has 2 aromatic rings. The first-order valence-electron chi connectivity index (χ1n) is 15.8. The Bertz CT molecular complexity index is 1740. The number of rotatable bonds is 9. The van der Waals surface area contributed by atoms with Crippen LogP contribution in [0.1, 0.15) is 64.2 Å². The third-order valence-electron chi connectivity index (χ3n) is 7.43. The van der Waals surface area contributed by atoms with E-state index in [-0.39, 0.29) is 30.9 Å². The first kappa shape index (κ1) is 35.2. The van der Waals surface area contributed by atoms with Crippen LogP contribution in [0.5, 0.6) is 0 Å². The number of amides is 2. The standard InChI is InChI=1S/C37H45FN7OP/c1-9-12-28-19-31(40-22(3)4)27(10-2)18-32(28)43-36(41-23(5)6)44-37(46)45(20-26-15-24(7)34(38)33(47)16-26)21-30-17-29-13-11-14-39-35(29)42-25(30)8/h10-11,13-19,22H,5,8-9,12,20-21,47H2,1-4,6-7H3,(H,39,42)(H2,41,43,44,46)/b27-10-,40-31?. The lowest BCUT2D eigenvalue weighted by Gasteiger charge is -2.28. The molecule has 10 heteroatoms. The lowest BCUT2D eigenvalue weighted by atomic mass is 9.94. The quantitative estimate of drug-likeness (QED) is 0.149. The number of carbonyl (C=O) groups is 1. The Labute approximate surface area is 280 Å². The summed E-state index contributed by atoms with van der Waals surface area (Å²) in [5, 5.41) is 9.82. The molecule has 47 heavy (non-hydrogen) atoms.